The number of thioether (sulfide) groups is 1. The van der Waals surface area contributed by atoms with Crippen LogP contribution in [0.2, 0.25) is 0 Å². The highest BCUT2D eigenvalue weighted by molar-refractivity contribution is 8.26. The Balaban J connectivity index is 1.50. The standard InChI is InChI=1S/C28H28N4O2S2/c1-3-13-32-27(34)23(36-28(32)35)18-22-25(29-24-19(2)8-7-14-31(24)26(22)33)30-15-11-21(12-16-30)17-20-9-5-4-6-10-20/h3-10,14,18,21H,1,11-13,15-17H2,2H3/b23-18+. The number of pyridine rings is 1. The van der Waals surface area contributed by atoms with Crippen molar-refractivity contribution < 1.29 is 4.79 Å². The quantitative estimate of drug-likeness (QED) is 0.265. The maximum Gasteiger partial charge on any atom is 0.267 e. The lowest BCUT2D eigenvalue weighted by atomic mass is 9.90. The van der Waals surface area contributed by atoms with Crippen LogP contribution in [0.1, 0.15) is 29.5 Å². The Morgan fingerprint density at radius 3 is 2.61 bits per heavy atom. The fourth-order valence-electron chi connectivity index (χ4n) is 4.88. The first-order valence-electron chi connectivity index (χ1n) is 12.1. The van der Waals surface area contributed by atoms with Gasteiger partial charge in [0.1, 0.15) is 15.8 Å². The van der Waals surface area contributed by atoms with Gasteiger partial charge in [-0.25, -0.2) is 4.98 Å². The van der Waals surface area contributed by atoms with E-state index in [9.17, 15) is 9.59 Å². The van der Waals surface area contributed by atoms with Crippen LogP contribution < -0.4 is 10.5 Å². The minimum absolute atomic E-state index is 0.181. The van der Waals surface area contributed by atoms with Crippen LogP contribution in [-0.2, 0) is 11.2 Å². The van der Waals surface area contributed by atoms with Gasteiger partial charge >= 0.3 is 0 Å². The highest BCUT2D eigenvalue weighted by atomic mass is 32.2. The van der Waals surface area contributed by atoms with E-state index in [1.165, 1.54) is 22.2 Å². The molecule has 0 aliphatic carbocycles. The third-order valence-electron chi connectivity index (χ3n) is 6.81. The van der Waals surface area contributed by atoms with Crippen LogP contribution >= 0.6 is 24.0 Å². The predicted molar refractivity (Wildman–Crippen MR) is 151 cm³/mol. The summed E-state index contributed by atoms with van der Waals surface area (Å²) < 4.78 is 2.04. The number of carbonyl (C=O) groups is 1. The lowest BCUT2D eigenvalue weighted by molar-refractivity contribution is -0.121. The van der Waals surface area contributed by atoms with Crippen molar-refractivity contribution >= 4 is 51.7 Å². The Morgan fingerprint density at radius 2 is 1.89 bits per heavy atom. The molecule has 1 amide bonds. The van der Waals surface area contributed by atoms with Crippen LogP contribution in [0, 0.1) is 12.8 Å². The lowest BCUT2D eigenvalue weighted by Crippen LogP contribution is -2.37. The largest absolute Gasteiger partial charge is 0.356 e. The normalized spacial score (nSPS) is 18.0. The summed E-state index contributed by atoms with van der Waals surface area (Å²) in [5.74, 6) is 1.03. The molecular formula is C28H28N4O2S2. The maximum absolute atomic E-state index is 13.7. The number of aryl methyl sites for hydroxylation is 1. The van der Waals surface area contributed by atoms with Gasteiger partial charge in [0.2, 0.25) is 0 Å². The second kappa shape index (κ2) is 10.4. The number of rotatable bonds is 6. The number of piperidine rings is 1. The predicted octanol–water partition coefficient (Wildman–Crippen LogP) is 4.85. The Kier molecular flexibility index (Phi) is 7.07. The number of amides is 1. The van der Waals surface area contributed by atoms with E-state index in [-0.39, 0.29) is 11.5 Å². The Morgan fingerprint density at radius 1 is 1.14 bits per heavy atom. The van der Waals surface area contributed by atoms with Crippen LogP contribution in [0.5, 0.6) is 0 Å². The van der Waals surface area contributed by atoms with E-state index in [1.807, 2.05) is 25.1 Å². The van der Waals surface area contributed by atoms with Crippen LogP contribution in [0.15, 0.2) is 71.0 Å². The first-order chi connectivity index (χ1) is 17.5. The van der Waals surface area contributed by atoms with E-state index >= 15 is 0 Å². The summed E-state index contributed by atoms with van der Waals surface area (Å²) in [5, 5.41) is 0. The molecule has 0 N–H and O–H groups in total. The molecule has 0 unspecified atom stereocenters. The summed E-state index contributed by atoms with van der Waals surface area (Å²) >= 11 is 6.62. The van der Waals surface area contributed by atoms with Crippen LogP contribution in [0.25, 0.3) is 11.7 Å². The van der Waals surface area contributed by atoms with Gasteiger partial charge in [0.05, 0.1) is 10.5 Å². The van der Waals surface area contributed by atoms with Crippen molar-refractivity contribution in [1.82, 2.24) is 14.3 Å². The first-order valence-corrected chi connectivity index (χ1v) is 13.4. The number of thiocarbonyl (C=S) groups is 1. The minimum atomic E-state index is -0.203. The zero-order chi connectivity index (χ0) is 25.2. The van der Waals surface area contributed by atoms with Gasteiger partial charge in [0, 0.05) is 25.8 Å². The minimum Gasteiger partial charge on any atom is -0.356 e. The maximum atomic E-state index is 13.7. The van der Waals surface area contributed by atoms with Gasteiger partial charge in [-0.2, -0.15) is 0 Å². The van der Waals surface area contributed by atoms with E-state index in [4.69, 9.17) is 17.2 Å². The Bertz CT molecular complexity index is 1420. The van der Waals surface area contributed by atoms with Crippen molar-refractivity contribution in [3.8, 4) is 0 Å². The van der Waals surface area contributed by atoms with E-state index in [1.54, 1.807) is 22.7 Å². The molecule has 1 aromatic carbocycles. The van der Waals surface area contributed by atoms with Crippen molar-refractivity contribution in [2.75, 3.05) is 24.5 Å². The second-order valence-corrected chi connectivity index (χ2v) is 10.9. The number of fused-ring (bicyclic) bond motifs is 1. The zero-order valence-corrected chi connectivity index (χ0v) is 21.9. The number of carbonyl (C=O) groups excluding carboxylic acids is 1. The summed E-state index contributed by atoms with van der Waals surface area (Å²) in [7, 11) is 0. The Labute approximate surface area is 220 Å². The van der Waals surface area contributed by atoms with Crippen LogP contribution in [0.3, 0.4) is 0 Å². The second-order valence-electron chi connectivity index (χ2n) is 9.24. The molecule has 0 bridgehead atoms. The molecule has 0 saturated carbocycles. The summed E-state index contributed by atoms with van der Waals surface area (Å²) in [6.07, 6.45) is 8.15. The highest BCUT2D eigenvalue weighted by Gasteiger charge is 2.32. The number of nitrogens with zero attached hydrogens (tertiary/aromatic N) is 4. The summed E-state index contributed by atoms with van der Waals surface area (Å²) in [6.45, 7) is 7.63. The fourth-order valence-corrected chi connectivity index (χ4v) is 6.14. The van der Waals surface area contributed by atoms with Crippen molar-refractivity contribution in [2.24, 2.45) is 5.92 Å². The SMILES string of the molecule is C=CCN1C(=O)/C(=C\c2c(N3CCC(Cc4ccccc4)CC3)nc3c(C)cccn3c2=O)SC1=S. The molecule has 36 heavy (non-hydrogen) atoms. The molecule has 184 valence electrons. The topological polar surface area (TPSA) is 57.9 Å². The average molecular weight is 517 g/mol. The number of hydrogen-bond acceptors (Lipinski definition) is 6. The molecule has 2 saturated heterocycles. The molecule has 2 aliphatic rings. The van der Waals surface area contributed by atoms with E-state index in [2.05, 4.69) is 35.7 Å². The van der Waals surface area contributed by atoms with Crippen LogP contribution in [-0.4, -0.2) is 44.1 Å². The fraction of sp³-hybridized carbons (Fsp3) is 0.286. The summed E-state index contributed by atoms with van der Waals surface area (Å²) in [6, 6.07) is 14.4. The smallest absolute Gasteiger partial charge is 0.267 e. The first kappa shape index (κ1) is 24.5. The molecule has 5 rings (SSSR count). The monoisotopic (exact) mass is 516 g/mol. The van der Waals surface area contributed by atoms with Crippen molar-refractivity contribution in [3.63, 3.8) is 0 Å². The van der Waals surface area contributed by atoms with E-state index in [0.717, 1.165) is 37.9 Å². The molecule has 2 aromatic heterocycles. The lowest BCUT2D eigenvalue weighted by Gasteiger charge is -2.33. The number of hydrogen-bond donors (Lipinski definition) is 0. The summed E-state index contributed by atoms with van der Waals surface area (Å²) in [4.78, 5) is 35.8. The van der Waals surface area contributed by atoms with Gasteiger partial charge < -0.3 is 4.90 Å². The molecule has 8 heteroatoms. The molecule has 2 fully saturated rings. The van der Waals surface area contributed by atoms with Gasteiger partial charge in [-0.1, -0.05) is 66.5 Å². The van der Waals surface area contributed by atoms with Gasteiger partial charge in [0.15, 0.2) is 0 Å². The highest BCUT2D eigenvalue weighted by Crippen LogP contribution is 2.34. The molecule has 6 nitrogen and oxygen atoms in total. The Hall–Kier alpha value is -3.23. The summed E-state index contributed by atoms with van der Waals surface area (Å²) in [5.41, 5.74) is 3.17. The molecule has 4 heterocycles. The van der Waals surface area contributed by atoms with Crippen molar-refractivity contribution in [2.45, 2.75) is 26.2 Å². The molecule has 2 aliphatic heterocycles. The molecule has 0 radical (unpaired) electrons. The van der Waals surface area contributed by atoms with Gasteiger partial charge in [0.25, 0.3) is 11.5 Å². The van der Waals surface area contributed by atoms with E-state index < -0.39 is 0 Å². The average Bonchev–Trinajstić information content (AvgIpc) is 3.15. The van der Waals surface area contributed by atoms with Crippen molar-refractivity contribution in [1.29, 1.82) is 0 Å². The van der Waals surface area contributed by atoms with E-state index in [0.29, 0.717) is 38.7 Å². The molecule has 0 spiro atoms. The van der Waals surface area contributed by atoms with Gasteiger partial charge in [-0.05, 0) is 55.4 Å². The van der Waals surface area contributed by atoms with Gasteiger partial charge in [-0.3, -0.25) is 18.9 Å². The number of aromatic nitrogens is 2. The third kappa shape index (κ3) is 4.75. The van der Waals surface area contributed by atoms with Crippen molar-refractivity contribution in [3.05, 3.63) is 93.3 Å². The number of anilines is 1. The molecule has 3 aromatic rings. The zero-order valence-electron chi connectivity index (χ0n) is 20.2. The molecular weight excluding hydrogens is 488 g/mol. The molecule has 0 atom stereocenters. The number of benzene rings is 1. The van der Waals surface area contributed by atoms with Gasteiger partial charge in [-0.15, -0.1) is 6.58 Å². The van der Waals surface area contributed by atoms with Crippen LogP contribution in [0.4, 0.5) is 5.82 Å². The third-order valence-corrected chi connectivity index (χ3v) is 8.18.